The number of ether oxygens (including phenoxy) is 1. The Morgan fingerprint density at radius 2 is 1.88 bits per heavy atom. The number of nitrogens with one attached hydrogen (secondary N) is 1. The Morgan fingerprint density at radius 3 is 2.65 bits per heavy atom. The fourth-order valence-corrected chi connectivity index (χ4v) is 5.65. The molecular weight excluding hydrogens is 488 g/mol. The van der Waals surface area contributed by atoms with Gasteiger partial charge in [0.2, 0.25) is 0 Å². The van der Waals surface area contributed by atoms with Gasteiger partial charge < -0.3 is 19.4 Å². The van der Waals surface area contributed by atoms with E-state index in [2.05, 4.69) is 26.2 Å². The van der Waals surface area contributed by atoms with E-state index in [4.69, 9.17) is 33.0 Å². The lowest BCUT2D eigenvalue weighted by Gasteiger charge is -2.29. The molecule has 9 heteroatoms. The molecule has 1 N–H and O–H groups in total. The molecule has 1 aromatic carbocycles. The number of hydrogen-bond donors (Lipinski definition) is 1. The van der Waals surface area contributed by atoms with Crippen LogP contribution in [-0.2, 0) is 4.74 Å². The molecule has 0 saturated carbocycles. The van der Waals surface area contributed by atoms with Gasteiger partial charge in [-0.3, -0.25) is 9.88 Å². The summed E-state index contributed by atoms with van der Waals surface area (Å²) >= 11 is 13.4. The summed E-state index contributed by atoms with van der Waals surface area (Å²) in [7, 11) is 0. The average Bonchev–Trinajstić information content (AvgIpc) is 3.46. The second-order valence-electron chi connectivity index (χ2n) is 8.34. The lowest BCUT2D eigenvalue weighted by Crippen LogP contribution is -2.38. The minimum atomic E-state index is -0.0726. The Balaban J connectivity index is 1.35. The largest absolute Gasteiger partial charge is 0.452 e. The highest BCUT2D eigenvalue weighted by atomic mass is 35.5. The van der Waals surface area contributed by atoms with E-state index in [1.165, 1.54) is 0 Å². The number of thiocarbonyl (C=S) groups is 1. The van der Waals surface area contributed by atoms with Crippen LogP contribution in [0.25, 0.3) is 0 Å². The first-order chi connectivity index (χ1) is 16.7. The van der Waals surface area contributed by atoms with Gasteiger partial charge in [0.05, 0.1) is 24.9 Å². The summed E-state index contributed by atoms with van der Waals surface area (Å²) in [6, 6.07) is 17.7. The van der Waals surface area contributed by atoms with Crippen molar-refractivity contribution in [1.29, 1.82) is 0 Å². The van der Waals surface area contributed by atoms with Crippen molar-refractivity contribution >= 4 is 40.7 Å². The second-order valence-corrected chi connectivity index (χ2v) is 10.2. The van der Waals surface area contributed by atoms with Crippen molar-refractivity contribution in [3.8, 4) is 0 Å². The highest BCUT2D eigenvalue weighted by Crippen LogP contribution is 2.41. The zero-order valence-corrected chi connectivity index (χ0v) is 21.1. The fourth-order valence-electron chi connectivity index (χ4n) is 4.41. The number of furan rings is 1. The maximum Gasteiger partial charge on any atom is 0.170 e. The quantitative estimate of drug-likeness (QED) is 0.413. The van der Waals surface area contributed by atoms with Gasteiger partial charge in [-0.15, -0.1) is 0 Å². The van der Waals surface area contributed by atoms with Crippen LogP contribution in [0.4, 0.5) is 0 Å². The summed E-state index contributed by atoms with van der Waals surface area (Å²) < 4.78 is 11.8. The predicted octanol–water partition coefficient (Wildman–Crippen LogP) is 5.17. The molecule has 0 radical (unpaired) electrons. The lowest BCUT2D eigenvalue weighted by molar-refractivity contribution is 0.0365. The first-order valence-corrected chi connectivity index (χ1v) is 13.1. The molecule has 178 valence electrons. The van der Waals surface area contributed by atoms with Crippen LogP contribution in [0, 0.1) is 0 Å². The molecule has 5 rings (SSSR count). The molecule has 2 saturated heterocycles. The minimum absolute atomic E-state index is 0.0633. The fraction of sp³-hybridized carbons (Fsp3) is 0.360. The first kappa shape index (κ1) is 23.6. The van der Waals surface area contributed by atoms with Crippen molar-refractivity contribution in [3.05, 3.63) is 77.3 Å². The minimum Gasteiger partial charge on any atom is -0.452 e. The Kier molecular flexibility index (Phi) is 7.71. The van der Waals surface area contributed by atoms with E-state index < -0.39 is 0 Å². The molecule has 2 aliphatic rings. The third-order valence-electron chi connectivity index (χ3n) is 6.10. The number of benzene rings is 1. The zero-order chi connectivity index (χ0) is 23.3. The molecule has 2 aromatic heterocycles. The lowest BCUT2D eigenvalue weighted by atomic mass is 10.0. The van der Waals surface area contributed by atoms with E-state index in [-0.39, 0.29) is 12.1 Å². The van der Waals surface area contributed by atoms with E-state index in [0.29, 0.717) is 0 Å². The average molecular weight is 515 g/mol. The van der Waals surface area contributed by atoms with Gasteiger partial charge >= 0.3 is 0 Å². The number of rotatable bonds is 8. The molecule has 0 bridgehead atoms. The molecule has 2 fully saturated rings. The standard InChI is InChI=1S/C25H27ClN4O2S2/c26-18-5-7-19(8-6-18)34-22-10-9-21(32-22)24-23(20-4-1-2-11-27-20)28-25(33)30(24)13-3-12-29-14-16-31-17-15-29/h1-2,4-11,23-24H,3,12-17H2,(H,28,33). The predicted molar refractivity (Wildman–Crippen MR) is 138 cm³/mol. The summed E-state index contributed by atoms with van der Waals surface area (Å²) in [6.45, 7) is 5.48. The van der Waals surface area contributed by atoms with E-state index in [0.717, 1.165) is 77.4 Å². The van der Waals surface area contributed by atoms with Crippen LogP contribution in [0.15, 0.2) is 75.2 Å². The van der Waals surface area contributed by atoms with E-state index in [9.17, 15) is 0 Å². The summed E-state index contributed by atoms with van der Waals surface area (Å²) in [4.78, 5) is 10.4. The van der Waals surface area contributed by atoms with E-state index in [1.807, 2.05) is 54.7 Å². The van der Waals surface area contributed by atoms with Crippen LogP contribution < -0.4 is 5.32 Å². The molecule has 6 nitrogen and oxygen atoms in total. The van der Waals surface area contributed by atoms with Gasteiger partial charge in [0, 0.05) is 42.3 Å². The maximum atomic E-state index is 6.36. The van der Waals surface area contributed by atoms with E-state index >= 15 is 0 Å². The smallest absolute Gasteiger partial charge is 0.170 e. The monoisotopic (exact) mass is 514 g/mol. The molecule has 2 atom stereocenters. The van der Waals surface area contributed by atoms with Crippen LogP contribution in [0.3, 0.4) is 0 Å². The number of nitrogens with zero attached hydrogens (tertiary/aromatic N) is 3. The third kappa shape index (κ3) is 5.58. The molecule has 2 unspecified atom stereocenters. The highest BCUT2D eigenvalue weighted by Gasteiger charge is 2.41. The Hall–Kier alpha value is -2.10. The van der Waals surface area contributed by atoms with Crippen molar-refractivity contribution in [2.24, 2.45) is 0 Å². The number of aromatic nitrogens is 1. The molecule has 3 aromatic rings. The molecular formula is C25H27ClN4O2S2. The van der Waals surface area contributed by atoms with Gasteiger partial charge in [-0.05, 0) is 67.2 Å². The summed E-state index contributed by atoms with van der Waals surface area (Å²) in [5.74, 6) is 0.880. The van der Waals surface area contributed by atoms with Crippen molar-refractivity contribution in [2.45, 2.75) is 28.5 Å². The Morgan fingerprint density at radius 1 is 1.06 bits per heavy atom. The SMILES string of the molecule is S=C1NC(c2ccccn2)C(c2ccc(Sc3ccc(Cl)cc3)o2)N1CCCN1CCOCC1. The van der Waals surface area contributed by atoms with Crippen molar-refractivity contribution < 1.29 is 9.15 Å². The van der Waals surface area contributed by atoms with Crippen LogP contribution in [0.5, 0.6) is 0 Å². The first-order valence-electron chi connectivity index (χ1n) is 11.5. The van der Waals surface area contributed by atoms with Crippen LogP contribution in [0.2, 0.25) is 5.02 Å². The molecule has 4 heterocycles. The van der Waals surface area contributed by atoms with Gasteiger partial charge in [-0.1, -0.05) is 29.4 Å². The summed E-state index contributed by atoms with van der Waals surface area (Å²) in [5.41, 5.74) is 0.953. The van der Waals surface area contributed by atoms with Gasteiger partial charge in [0.1, 0.15) is 11.8 Å². The Labute approximate surface area is 214 Å². The molecule has 0 aliphatic carbocycles. The van der Waals surface area contributed by atoms with Crippen LogP contribution in [-0.4, -0.2) is 59.3 Å². The van der Waals surface area contributed by atoms with Crippen molar-refractivity contribution in [3.63, 3.8) is 0 Å². The van der Waals surface area contributed by atoms with Gasteiger partial charge in [0.25, 0.3) is 0 Å². The third-order valence-corrected chi connectivity index (χ3v) is 7.63. The van der Waals surface area contributed by atoms with Crippen LogP contribution in [0.1, 0.15) is 30.0 Å². The number of pyridine rings is 1. The topological polar surface area (TPSA) is 53.8 Å². The van der Waals surface area contributed by atoms with Crippen molar-refractivity contribution in [1.82, 2.24) is 20.1 Å². The number of hydrogen-bond acceptors (Lipinski definition) is 6. The summed E-state index contributed by atoms with van der Waals surface area (Å²) in [5, 5.41) is 5.80. The molecule has 34 heavy (non-hydrogen) atoms. The normalized spacial score (nSPS) is 21.1. The van der Waals surface area contributed by atoms with Gasteiger partial charge in [0.15, 0.2) is 10.2 Å². The highest BCUT2D eigenvalue weighted by molar-refractivity contribution is 7.99. The summed E-state index contributed by atoms with van der Waals surface area (Å²) in [6.07, 6.45) is 2.84. The van der Waals surface area contributed by atoms with Crippen LogP contribution >= 0.6 is 35.6 Å². The maximum absolute atomic E-state index is 6.36. The molecule has 0 amide bonds. The zero-order valence-electron chi connectivity index (χ0n) is 18.7. The van der Waals surface area contributed by atoms with Gasteiger partial charge in [-0.25, -0.2) is 0 Å². The number of morpholine rings is 1. The van der Waals surface area contributed by atoms with Crippen molar-refractivity contribution in [2.75, 3.05) is 39.4 Å². The molecule has 2 aliphatic heterocycles. The second kappa shape index (κ2) is 11.1. The number of halogens is 1. The van der Waals surface area contributed by atoms with Gasteiger partial charge in [-0.2, -0.15) is 0 Å². The molecule has 0 spiro atoms. The Bertz CT molecular complexity index is 1090. The van der Waals surface area contributed by atoms with E-state index in [1.54, 1.807) is 11.8 Å².